The lowest BCUT2D eigenvalue weighted by Crippen LogP contribution is -1.93. The third kappa shape index (κ3) is 18.9. The summed E-state index contributed by atoms with van der Waals surface area (Å²) in [5.41, 5.74) is 0. The molecule has 0 amide bonds. The molecule has 2 heteroatoms. The maximum Gasteiger partial charge on any atom is 0.303 e. The molecular weight excluding hydrogens is 272 g/mol. The Kier molecular flexibility index (Phi) is 17.1. The third-order valence-electron chi connectivity index (χ3n) is 3.84. The Bertz CT molecular complexity index is 292. The predicted octanol–water partition coefficient (Wildman–Crippen LogP) is 6.66. The van der Waals surface area contributed by atoms with Crippen molar-refractivity contribution in [2.24, 2.45) is 0 Å². The average molecular weight is 309 g/mol. The molecule has 0 aromatic heterocycles. The van der Waals surface area contributed by atoms with Gasteiger partial charge >= 0.3 is 5.97 Å². The SMILES string of the molecule is CCCCCCCCCC=CCC=CCCCCCC(=O)O. The van der Waals surface area contributed by atoms with E-state index >= 15 is 0 Å². The Labute approximate surface area is 137 Å². The molecule has 22 heavy (non-hydrogen) atoms. The zero-order valence-corrected chi connectivity index (χ0v) is 14.6. The third-order valence-corrected chi connectivity index (χ3v) is 3.84. The average Bonchev–Trinajstić information content (AvgIpc) is 2.50. The van der Waals surface area contributed by atoms with Crippen molar-refractivity contribution >= 4 is 5.97 Å². The molecule has 128 valence electrons. The summed E-state index contributed by atoms with van der Waals surface area (Å²) in [5.74, 6) is -0.679. The van der Waals surface area contributed by atoms with Gasteiger partial charge in [-0.3, -0.25) is 4.79 Å². The van der Waals surface area contributed by atoms with Crippen molar-refractivity contribution in [2.45, 2.75) is 96.8 Å². The van der Waals surface area contributed by atoms with Gasteiger partial charge in [0.25, 0.3) is 0 Å². The summed E-state index contributed by atoms with van der Waals surface area (Å²) in [6.07, 6.45) is 25.2. The quantitative estimate of drug-likeness (QED) is 0.255. The van der Waals surface area contributed by atoms with Gasteiger partial charge < -0.3 is 5.11 Å². The zero-order valence-electron chi connectivity index (χ0n) is 14.6. The maximum atomic E-state index is 10.3. The van der Waals surface area contributed by atoms with Crippen LogP contribution in [0.15, 0.2) is 24.3 Å². The summed E-state index contributed by atoms with van der Waals surface area (Å²) in [5, 5.41) is 8.52. The van der Waals surface area contributed by atoms with Gasteiger partial charge in [0.1, 0.15) is 0 Å². The molecule has 0 aliphatic carbocycles. The molecular formula is C20H36O2. The number of rotatable bonds is 16. The van der Waals surface area contributed by atoms with Gasteiger partial charge in [0.05, 0.1) is 0 Å². The first-order chi connectivity index (χ1) is 10.8. The molecule has 0 heterocycles. The van der Waals surface area contributed by atoms with Crippen LogP contribution in [0.4, 0.5) is 0 Å². The van der Waals surface area contributed by atoms with E-state index in [1.807, 2.05) is 0 Å². The van der Waals surface area contributed by atoms with Gasteiger partial charge in [-0.2, -0.15) is 0 Å². The van der Waals surface area contributed by atoms with Crippen molar-refractivity contribution in [3.05, 3.63) is 24.3 Å². The maximum absolute atomic E-state index is 10.3. The van der Waals surface area contributed by atoms with Gasteiger partial charge in [0.15, 0.2) is 0 Å². The fourth-order valence-electron chi connectivity index (χ4n) is 2.44. The van der Waals surface area contributed by atoms with Gasteiger partial charge in [0, 0.05) is 6.42 Å². The number of hydrogen-bond donors (Lipinski definition) is 1. The van der Waals surface area contributed by atoms with Crippen LogP contribution in [0.1, 0.15) is 96.8 Å². The lowest BCUT2D eigenvalue weighted by molar-refractivity contribution is -0.137. The predicted molar refractivity (Wildman–Crippen MR) is 96.2 cm³/mol. The van der Waals surface area contributed by atoms with E-state index in [2.05, 4.69) is 31.2 Å². The highest BCUT2D eigenvalue weighted by atomic mass is 16.4. The highest BCUT2D eigenvalue weighted by molar-refractivity contribution is 5.66. The monoisotopic (exact) mass is 308 g/mol. The van der Waals surface area contributed by atoms with E-state index in [9.17, 15) is 4.79 Å². The summed E-state index contributed by atoms with van der Waals surface area (Å²) in [4.78, 5) is 10.3. The standard InChI is InChI=1S/C20H36O2/c1-2-3-4-5-6-7-8-9-10-11-12-13-14-15-16-17-18-19-20(21)22/h10-11,13-14H,2-9,12,15-19H2,1H3,(H,21,22). The van der Waals surface area contributed by atoms with Crippen LogP contribution < -0.4 is 0 Å². The minimum absolute atomic E-state index is 0.311. The zero-order chi connectivity index (χ0) is 16.3. The molecule has 0 aliphatic rings. The summed E-state index contributed by atoms with van der Waals surface area (Å²) < 4.78 is 0. The number of carboxylic acids is 1. The second kappa shape index (κ2) is 18.0. The summed E-state index contributed by atoms with van der Waals surface area (Å²) >= 11 is 0. The van der Waals surface area contributed by atoms with E-state index in [1.54, 1.807) is 0 Å². The highest BCUT2D eigenvalue weighted by Gasteiger charge is 1.94. The van der Waals surface area contributed by atoms with Gasteiger partial charge in [-0.15, -0.1) is 0 Å². The number of aliphatic carboxylic acids is 1. The molecule has 0 unspecified atom stereocenters. The second-order valence-electron chi connectivity index (χ2n) is 6.08. The first kappa shape index (κ1) is 20.9. The van der Waals surface area contributed by atoms with E-state index < -0.39 is 5.97 Å². The van der Waals surface area contributed by atoms with Crippen LogP contribution in [0, 0.1) is 0 Å². The molecule has 0 bridgehead atoms. The molecule has 0 saturated carbocycles. The van der Waals surface area contributed by atoms with Crippen LogP contribution in [0.3, 0.4) is 0 Å². The van der Waals surface area contributed by atoms with Gasteiger partial charge in [-0.25, -0.2) is 0 Å². The van der Waals surface area contributed by atoms with Crippen molar-refractivity contribution in [2.75, 3.05) is 0 Å². The van der Waals surface area contributed by atoms with Crippen LogP contribution in [0.25, 0.3) is 0 Å². The first-order valence-corrected chi connectivity index (χ1v) is 9.29. The molecule has 0 rings (SSSR count). The number of hydrogen-bond acceptors (Lipinski definition) is 1. The molecule has 0 aliphatic heterocycles. The number of unbranched alkanes of at least 4 members (excludes halogenated alkanes) is 10. The smallest absolute Gasteiger partial charge is 0.303 e. The molecule has 0 aromatic rings. The fourth-order valence-corrected chi connectivity index (χ4v) is 2.44. The molecule has 0 saturated heterocycles. The molecule has 0 fully saturated rings. The van der Waals surface area contributed by atoms with Crippen molar-refractivity contribution in [3.63, 3.8) is 0 Å². The van der Waals surface area contributed by atoms with Crippen molar-refractivity contribution in [3.8, 4) is 0 Å². The van der Waals surface area contributed by atoms with Crippen LogP contribution >= 0.6 is 0 Å². The summed E-state index contributed by atoms with van der Waals surface area (Å²) in [6.45, 7) is 2.26. The van der Waals surface area contributed by atoms with Crippen molar-refractivity contribution in [1.29, 1.82) is 0 Å². The Balaban J connectivity index is 3.19. The van der Waals surface area contributed by atoms with Crippen LogP contribution in [-0.2, 0) is 4.79 Å². The van der Waals surface area contributed by atoms with Gasteiger partial charge in [-0.05, 0) is 38.5 Å². The van der Waals surface area contributed by atoms with E-state index in [-0.39, 0.29) is 0 Å². The van der Waals surface area contributed by atoms with Gasteiger partial charge in [0.2, 0.25) is 0 Å². The summed E-state index contributed by atoms with van der Waals surface area (Å²) in [6, 6.07) is 0. The van der Waals surface area contributed by atoms with Crippen molar-refractivity contribution in [1.82, 2.24) is 0 Å². The van der Waals surface area contributed by atoms with Gasteiger partial charge in [-0.1, -0.05) is 76.2 Å². The Morgan fingerprint density at radius 1 is 0.727 bits per heavy atom. The van der Waals surface area contributed by atoms with E-state index in [0.717, 1.165) is 32.1 Å². The Morgan fingerprint density at radius 3 is 1.77 bits per heavy atom. The number of allylic oxidation sites excluding steroid dienone is 4. The lowest BCUT2D eigenvalue weighted by Gasteiger charge is -1.98. The Hall–Kier alpha value is -1.05. The van der Waals surface area contributed by atoms with E-state index in [0.29, 0.717) is 6.42 Å². The molecule has 0 radical (unpaired) electrons. The molecule has 1 N–H and O–H groups in total. The first-order valence-electron chi connectivity index (χ1n) is 9.29. The minimum atomic E-state index is -0.679. The van der Waals surface area contributed by atoms with Crippen LogP contribution in [0.2, 0.25) is 0 Å². The number of carbonyl (C=O) groups is 1. The molecule has 0 spiro atoms. The largest absolute Gasteiger partial charge is 0.481 e. The topological polar surface area (TPSA) is 37.3 Å². The normalized spacial score (nSPS) is 11.7. The molecule has 2 nitrogen and oxygen atoms in total. The molecule has 0 atom stereocenters. The fraction of sp³-hybridized carbons (Fsp3) is 0.750. The van der Waals surface area contributed by atoms with Crippen LogP contribution in [-0.4, -0.2) is 11.1 Å². The highest BCUT2D eigenvalue weighted by Crippen LogP contribution is 2.09. The van der Waals surface area contributed by atoms with Crippen molar-refractivity contribution < 1.29 is 9.90 Å². The van der Waals surface area contributed by atoms with E-state index in [1.165, 1.54) is 51.4 Å². The second-order valence-corrected chi connectivity index (χ2v) is 6.08. The number of carboxylic acid groups (broad SMARTS) is 1. The van der Waals surface area contributed by atoms with Crippen LogP contribution in [0.5, 0.6) is 0 Å². The summed E-state index contributed by atoms with van der Waals surface area (Å²) in [7, 11) is 0. The Morgan fingerprint density at radius 2 is 1.23 bits per heavy atom. The lowest BCUT2D eigenvalue weighted by atomic mass is 10.1. The molecule has 0 aromatic carbocycles. The van der Waals surface area contributed by atoms with E-state index in [4.69, 9.17) is 5.11 Å². The minimum Gasteiger partial charge on any atom is -0.481 e.